The van der Waals surface area contributed by atoms with Gasteiger partial charge in [-0.05, 0) is 42.8 Å². The van der Waals surface area contributed by atoms with Crippen LogP contribution in [-0.4, -0.2) is 11.5 Å². The Labute approximate surface area is 113 Å². The normalized spacial score (nSPS) is 10.5. The number of benzene rings is 1. The number of nitrogens with zero attached hydrogens (tertiary/aromatic N) is 1. The molecule has 0 radical (unpaired) electrons. The molecule has 1 N–H and O–H groups in total. The summed E-state index contributed by atoms with van der Waals surface area (Å²) in [7, 11) is 0. The molecule has 2 aromatic rings. The third kappa shape index (κ3) is 4.17. The monoisotopic (exact) mass is 258 g/mol. The molecule has 94 valence electrons. The Kier molecular flexibility index (Phi) is 5.24. The van der Waals surface area contributed by atoms with Crippen molar-refractivity contribution in [2.75, 3.05) is 6.54 Å². The molecule has 1 aromatic heterocycles. The van der Waals surface area contributed by atoms with Gasteiger partial charge in [-0.25, -0.2) is 4.98 Å². The molecule has 0 aliphatic heterocycles. The van der Waals surface area contributed by atoms with Crippen molar-refractivity contribution in [3.05, 3.63) is 54.2 Å². The molecule has 2 rings (SSSR count). The maximum atomic E-state index is 4.31. The first-order valence-electron chi connectivity index (χ1n) is 6.27. The largest absolute Gasteiger partial charge is 0.313 e. The highest BCUT2D eigenvalue weighted by molar-refractivity contribution is 7.99. The predicted molar refractivity (Wildman–Crippen MR) is 76.8 cm³/mol. The quantitative estimate of drug-likeness (QED) is 0.799. The molecule has 0 fully saturated rings. The predicted octanol–water partition coefficient (Wildman–Crippen LogP) is 3.73. The van der Waals surface area contributed by atoms with Gasteiger partial charge in [0.15, 0.2) is 0 Å². The lowest BCUT2D eigenvalue weighted by atomic mass is 10.2. The van der Waals surface area contributed by atoms with Gasteiger partial charge in [0, 0.05) is 17.6 Å². The van der Waals surface area contributed by atoms with E-state index in [9.17, 15) is 0 Å². The van der Waals surface area contributed by atoms with Gasteiger partial charge in [0.25, 0.3) is 0 Å². The van der Waals surface area contributed by atoms with Gasteiger partial charge in [-0.1, -0.05) is 36.9 Å². The molecule has 1 heterocycles. The fraction of sp³-hybridized carbons (Fsp3) is 0.267. The second kappa shape index (κ2) is 7.19. The highest BCUT2D eigenvalue weighted by atomic mass is 32.2. The van der Waals surface area contributed by atoms with E-state index in [0.29, 0.717) is 0 Å². The molecular weight excluding hydrogens is 240 g/mol. The Morgan fingerprint density at radius 1 is 1.11 bits per heavy atom. The van der Waals surface area contributed by atoms with Crippen molar-refractivity contribution < 1.29 is 0 Å². The fourth-order valence-corrected chi connectivity index (χ4v) is 2.39. The zero-order valence-corrected chi connectivity index (χ0v) is 11.4. The first-order valence-corrected chi connectivity index (χ1v) is 7.08. The molecule has 1 aromatic carbocycles. The summed E-state index contributed by atoms with van der Waals surface area (Å²) >= 11 is 1.69. The molecule has 0 aliphatic carbocycles. The second-order valence-electron chi connectivity index (χ2n) is 4.09. The van der Waals surface area contributed by atoms with Crippen molar-refractivity contribution in [3.63, 3.8) is 0 Å². The van der Waals surface area contributed by atoms with Crippen molar-refractivity contribution in [1.82, 2.24) is 10.3 Å². The van der Waals surface area contributed by atoms with E-state index in [0.717, 1.165) is 18.1 Å². The van der Waals surface area contributed by atoms with Gasteiger partial charge in [0.05, 0.1) is 0 Å². The van der Waals surface area contributed by atoms with Gasteiger partial charge in [-0.2, -0.15) is 0 Å². The number of rotatable bonds is 6. The Bertz CT molecular complexity index is 454. The lowest BCUT2D eigenvalue weighted by molar-refractivity contribution is 0.675. The lowest BCUT2D eigenvalue weighted by Gasteiger charge is -2.05. The summed E-state index contributed by atoms with van der Waals surface area (Å²) in [5, 5.41) is 4.44. The van der Waals surface area contributed by atoms with Gasteiger partial charge in [-0.3, -0.25) is 0 Å². The molecule has 3 heteroatoms. The van der Waals surface area contributed by atoms with E-state index in [1.807, 2.05) is 24.4 Å². The van der Waals surface area contributed by atoms with Crippen LogP contribution in [0.5, 0.6) is 0 Å². The highest BCUT2D eigenvalue weighted by Gasteiger charge is 1.98. The Balaban J connectivity index is 1.91. The molecule has 2 nitrogen and oxygen atoms in total. The van der Waals surface area contributed by atoms with Crippen LogP contribution >= 0.6 is 11.8 Å². The molecule has 0 saturated heterocycles. The summed E-state index contributed by atoms with van der Waals surface area (Å²) in [5.41, 5.74) is 1.33. The van der Waals surface area contributed by atoms with Crippen LogP contribution in [0, 0.1) is 0 Å². The van der Waals surface area contributed by atoms with Crippen molar-refractivity contribution in [2.45, 2.75) is 29.8 Å². The van der Waals surface area contributed by atoms with Gasteiger partial charge in [-0.15, -0.1) is 0 Å². The van der Waals surface area contributed by atoms with E-state index >= 15 is 0 Å². The summed E-state index contributed by atoms with van der Waals surface area (Å²) in [6.45, 7) is 4.20. The summed E-state index contributed by atoms with van der Waals surface area (Å²) < 4.78 is 0. The average molecular weight is 258 g/mol. The molecular formula is C15H18N2S. The Hall–Kier alpha value is -1.32. The van der Waals surface area contributed by atoms with E-state index in [1.54, 1.807) is 11.8 Å². The zero-order chi connectivity index (χ0) is 12.6. The van der Waals surface area contributed by atoms with Crippen molar-refractivity contribution in [3.8, 4) is 0 Å². The van der Waals surface area contributed by atoms with Crippen molar-refractivity contribution in [2.24, 2.45) is 0 Å². The van der Waals surface area contributed by atoms with Crippen molar-refractivity contribution in [1.29, 1.82) is 0 Å². The summed E-state index contributed by atoms with van der Waals surface area (Å²) in [6.07, 6.45) is 3.00. The maximum absolute atomic E-state index is 4.31. The number of nitrogens with one attached hydrogen (secondary N) is 1. The van der Waals surface area contributed by atoms with E-state index in [4.69, 9.17) is 0 Å². The molecule has 18 heavy (non-hydrogen) atoms. The molecule has 0 saturated carbocycles. The number of pyridine rings is 1. The van der Waals surface area contributed by atoms with Gasteiger partial charge >= 0.3 is 0 Å². The first kappa shape index (κ1) is 13.1. The van der Waals surface area contributed by atoms with Crippen LogP contribution in [-0.2, 0) is 6.54 Å². The minimum atomic E-state index is 0.947. The van der Waals surface area contributed by atoms with Crippen LogP contribution in [0.25, 0.3) is 0 Å². The third-order valence-electron chi connectivity index (χ3n) is 2.54. The maximum Gasteiger partial charge on any atom is 0.101 e. The van der Waals surface area contributed by atoms with Crippen LogP contribution in [0.1, 0.15) is 18.9 Å². The number of hydrogen-bond acceptors (Lipinski definition) is 3. The molecule has 0 spiro atoms. The lowest BCUT2D eigenvalue weighted by Crippen LogP contribution is -2.13. The summed E-state index contributed by atoms with van der Waals surface area (Å²) in [4.78, 5) is 5.54. The van der Waals surface area contributed by atoms with Crippen LogP contribution in [0.4, 0.5) is 0 Å². The summed E-state index contributed by atoms with van der Waals surface area (Å²) in [5.74, 6) is 0. The van der Waals surface area contributed by atoms with Crippen LogP contribution in [0.15, 0.2) is 58.6 Å². The molecule has 0 unspecified atom stereocenters. The van der Waals surface area contributed by atoms with Crippen molar-refractivity contribution >= 4 is 11.8 Å². The SMILES string of the molecule is CCCNCc1ccc(Sc2ccccn2)cc1. The topological polar surface area (TPSA) is 24.9 Å². The first-order chi connectivity index (χ1) is 8.88. The summed E-state index contributed by atoms with van der Waals surface area (Å²) in [6, 6.07) is 14.6. The molecule has 0 aliphatic rings. The second-order valence-corrected chi connectivity index (χ2v) is 5.18. The number of aromatic nitrogens is 1. The standard InChI is InChI=1S/C15H18N2S/c1-2-10-16-12-13-6-8-14(9-7-13)18-15-5-3-4-11-17-15/h3-9,11,16H,2,10,12H2,1H3. The van der Waals surface area contributed by atoms with Crippen LogP contribution < -0.4 is 5.32 Å². The van der Waals surface area contributed by atoms with Crippen LogP contribution in [0.2, 0.25) is 0 Å². The van der Waals surface area contributed by atoms with Gasteiger partial charge in [0.2, 0.25) is 0 Å². The minimum absolute atomic E-state index is 0.947. The molecule has 0 atom stereocenters. The van der Waals surface area contributed by atoms with Gasteiger partial charge in [0.1, 0.15) is 5.03 Å². The number of hydrogen-bond donors (Lipinski definition) is 1. The molecule has 0 amide bonds. The van der Waals surface area contributed by atoms with E-state index in [1.165, 1.54) is 16.9 Å². The highest BCUT2D eigenvalue weighted by Crippen LogP contribution is 2.25. The van der Waals surface area contributed by atoms with E-state index < -0.39 is 0 Å². The van der Waals surface area contributed by atoms with E-state index in [-0.39, 0.29) is 0 Å². The third-order valence-corrected chi connectivity index (χ3v) is 3.50. The Morgan fingerprint density at radius 3 is 2.61 bits per heavy atom. The Morgan fingerprint density at radius 2 is 1.94 bits per heavy atom. The molecule has 0 bridgehead atoms. The minimum Gasteiger partial charge on any atom is -0.313 e. The van der Waals surface area contributed by atoms with E-state index in [2.05, 4.69) is 41.5 Å². The zero-order valence-electron chi connectivity index (χ0n) is 10.6. The van der Waals surface area contributed by atoms with Crippen LogP contribution in [0.3, 0.4) is 0 Å². The smallest absolute Gasteiger partial charge is 0.101 e. The fourth-order valence-electron chi connectivity index (χ4n) is 1.61. The average Bonchev–Trinajstić information content (AvgIpc) is 2.42. The van der Waals surface area contributed by atoms with Gasteiger partial charge < -0.3 is 5.32 Å².